The molecule has 30 heavy (non-hydrogen) atoms. The van der Waals surface area contributed by atoms with Crippen molar-refractivity contribution in [2.24, 2.45) is 12.5 Å². The first-order chi connectivity index (χ1) is 14.0. The average Bonchev–Trinajstić information content (AvgIpc) is 2.68. The van der Waals surface area contributed by atoms with Crippen molar-refractivity contribution in [3.05, 3.63) is 64.6 Å². The van der Waals surface area contributed by atoms with E-state index in [4.69, 9.17) is 4.74 Å². The van der Waals surface area contributed by atoms with Gasteiger partial charge < -0.3 is 14.6 Å². The maximum absolute atomic E-state index is 13.2. The molecule has 2 aromatic carbocycles. The van der Waals surface area contributed by atoms with Crippen LogP contribution in [0.1, 0.15) is 46.7 Å². The van der Waals surface area contributed by atoms with Gasteiger partial charge in [0.25, 0.3) is 5.56 Å². The van der Waals surface area contributed by atoms with Crippen molar-refractivity contribution in [2.45, 2.75) is 53.1 Å². The minimum Gasteiger partial charge on any atom is -0.497 e. The molecule has 1 N–H and O–H groups in total. The molecule has 0 fully saturated rings. The summed E-state index contributed by atoms with van der Waals surface area (Å²) in [7, 11) is 3.52. The lowest BCUT2D eigenvalue weighted by Gasteiger charge is -2.34. The summed E-state index contributed by atoms with van der Waals surface area (Å²) in [5, 5.41) is 5.34. The molecule has 3 rings (SSSR count). The van der Waals surface area contributed by atoms with Crippen LogP contribution in [0.2, 0.25) is 0 Å². The lowest BCUT2D eigenvalue weighted by Crippen LogP contribution is -2.42. The normalized spacial score (nSPS) is 12.4. The lowest BCUT2D eigenvalue weighted by atomic mass is 9.81. The van der Waals surface area contributed by atoms with E-state index in [-0.39, 0.29) is 16.5 Å². The van der Waals surface area contributed by atoms with Gasteiger partial charge in [-0.2, -0.15) is 0 Å². The molecule has 0 saturated carbocycles. The van der Waals surface area contributed by atoms with E-state index < -0.39 is 0 Å². The fourth-order valence-corrected chi connectivity index (χ4v) is 4.52. The highest BCUT2D eigenvalue weighted by molar-refractivity contribution is 5.98. The van der Waals surface area contributed by atoms with Crippen LogP contribution in [0.15, 0.2) is 53.3 Å². The number of methoxy groups -OCH3 is 1. The first kappa shape index (κ1) is 22.1. The van der Waals surface area contributed by atoms with Crippen molar-refractivity contribution in [1.82, 2.24) is 9.88 Å². The molecule has 0 aliphatic rings. The lowest BCUT2D eigenvalue weighted by molar-refractivity contribution is 0.239. The first-order valence-corrected chi connectivity index (χ1v) is 10.5. The van der Waals surface area contributed by atoms with Gasteiger partial charge in [-0.15, -0.1) is 0 Å². The van der Waals surface area contributed by atoms with Gasteiger partial charge in [0, 0.05) is 41.2 Å². The van der Waals surface area contributed by atoms with Crippen LogP contribution in [-0.2, 0) is 13.6 Å². The van der Waals surface area contributed by atoms with Crippen molar-refractivity contribution >= 4 is 10.8 Å². The molecule has 0 spiro atoms. The largest absolute Gasteiger partial charge is 0.497 e. The Bertz CT molecular complexity index is 1090. The van der Waals surface area contributed by atoms with E-state index in [1.54, 1.807) is 11.7 Å². The highest BCUT2D eigenvalue weighted by atomic mass is 16.5. The van der Waals surface area contributed by atoms with E-state index in [9.17, 15) is 4.79 Å². The Hall–Kier alpha value is -2.59. The molecule has 0 saturated heterocycles. The second-order valence-electron chi connectivity index (χ2n) is 9.94. The van der Waals surface area contributed by atoms with Gasteiger partial charge in [-0.05, 0) is 49.4 Å². The van der Waals surface area contributed by atoms with Gasteiger partial charge >= 0.3 is 0 Å². The van der Waals surface area contributed by atoms with Crippen LogP contribution in [0.5, 0.6) is 5.75 Å². The fourth-order valence-electron chi connectivity index (χ4n) is 4.52. The van der Waals surface area contributed by atoms with Crippen molar-refractivity contribution < 1.29 is 4.74 Å². The number of fused-ring (bicyclic) bond motifs is 1. The van der Waals surface area contributed by atoms with E-state index in [1.165, 1.54) is 0 Å². The zero-order valence-corrected chi connectivity index (χ0v) is 19.3. The van der Waals surface area contributed by atoms with Crippen molar-refractivity contribution in [3.63, 3.8) is 0 Å². The van der Waals surface area contributed by atoms with E-state index in [0.717, 1.165) is 34.4 Å². The molecule has 1 aromatic heterocycles. The first-order valence-electron chi connectivity index (χ1n) is 10.5. The number of aromatic nitrogens is 1. The second-order valence-corrected chi connectivity index (χ2v) is 9.94. The molecule has 0 unspecified atom stereocenters. The minimum absolute atomic E-state index is 0.0118. The predicted molar refractivity (Wildman–Crippen MR) is 126 cm³/mol. The zero-order valence-electron chi connectivity index (χ0n) is 19.3. The molecular weight excluding hydrogens is 372 g/mol. The van der Waals surface area contributed by atoms with Crippen molar-refractivity contribution in [3.8, 4) is 16.9 Å². The van der Waals surface area contributed by atoms with Gasteiger partial charge in [-0.1, -0.05) is 51.1 Å². The van der Waals surface area contributed by atoms with Gasteiger partial charge in [-0.3, -0.25) is 4.79 Å². The number of ether oxygens (including phenoxy) is 1. The second kappa shape index (κ2) is 8.27. The van der Waals surface area contributed by atoms with Crippen molar-refractivity contribution in [2.75, 3.05) is 7.11 Å². The summed E-state index contributed by atoms with van der Waals surface area (Å²) in [6.45, 7) is 11.8. The maximum Gasteiger partial charge on any atom is 0.258 e. The van der Waals surface area contributed by atoms with Crippen LogP contribution in [0.25, 0.3) is 21.9 Å². The van der Waals surface area contributed by atoms with Gasteiger partial charge in [0.1, 0.15) is 5.75 Å². The third-order valence-corrected chi connectivity index (χ3v) is 5.49. The van der Waals surface area contributed by atoms with Crippen LogP contribution >= 0.6 is 0 Å². The topological polar surface area (TPSA) is 43.3 Å². The standard InChI is InChI=1S/C26H34N2O2/c1-25(2,3)17-26(4,5)27-16-22-23(18-11-9-8-10-12-18)21-15-19(30-7)13-14-20(21)24(29)28(22)6/h8-15,27H,16-17H2,1-7H3. The Morgan fingerprint density at radius 3 is 2.23 bits per heavy atom. The SMILES string of the molecule is COc1ccc2c(=O)n(C)c(CNC(C)(C)CC(C)(C)C)c(-c3ccccc3)c2c1. The molecule has 160 valence electrons. The van der Waals surface area contributed by atoms with E-state index in [0.29, 0.717) is 11.9 Å². The Labute approximate surface area is 179 Å². The van der Waals surface area contributed by atoms with Gasteiger partial charge in [-0.25, -0.2) is 0 Å². The molecule has 0 aliphatic heterocycles. The van der Waals surface area contributed by atoms with Gasteiger partial charge in [0.2, 0.25) is 0 Å². The third kappa shape index (κ3) is 4.76. The predicted octanol–water partition coefficient (Wildman–Crippen LogP) is 5.52. The zero-order chi connectivity index (χ0) is 22.1. The molecule has 0 radical (unpaired) electrons. The van der Waals surface area contributed by atoms with Crippen LogP contribution < -0.4 is 15.6 Å². The summed E-state index contributed by atoms with van der Waals surface area (Å²) < 4.78 is 7.26. The fraction of sp³-hybridized carbons (Fsp3) is 0.423. The molecular formula is C26H34N2O2. The van der Waals surface area contributed by atoms with Crippen LogP contribution in [0, 0.1) is 5.41 Å². The molecule has 0 atom stereocenters. The van der Waals surface area contributed by atoms with Crippen LogP contribution in [-0.4, -0.2) is 17.2 Å². The molecule has 0 amide bonds. The summed E-state index contributed by atoms with van der Waals surface area (Å²) in [6, 6.07) is 16.0. The number of nitrogens with one attached hydrogen (secondary N) is 1. The van der Waals surface area contributed by atoms with E-state index in [2.05, 4.69) is 52.1 Å². The van der Waals surface area contributed by atoms with Crippen molar-refractivity contribution in [1.29, 1.82) is 0 Å². The van der Waals surface area contributed by atoms with E-state index >= 15 is 0 Å². The summed E-state index contributed by atoms with van der Waals surface area (Å²) >= 11 is 0. The molecule has 0 bridgehead atoms. The highest BCUT2D eigenvalue weighted by Gasteiger charge is 2.26. The van der Waals surface area contributed by atoms with Crippen LogP contribution in [0.3, 0.4) is 0 Å². The quantitative estimate of drug-likeness (QED) is 0.586. The monoisotopic (exact) mass is 406 g/mol. The summed E-state index contributed by atoms with van der Waals surface area (Å²) in [5.41, 5.74) is 3.31. The van der Waals surface area contributed by atoms with Gasteiger partial charge in [0.15, 0.2) is 0 Å². The summed E-state index contributed by atoms with van der Waals surface area (Å²) in [4.78, 5) is 13.2. The highest BCUT2D eigenvalue weighted by Crippen LogP contribution is 2.33. The Morgan fingerprint density at radius 2 is 1.63 bits per heavy atom. The Morgan fingerprint density at radius 1 is 0.967 bits per heavy atom. The van der Waals surface area contributed by atoms with Gasteiger partial charge in [0.05, 0.1) is 7.11 Å². The molecule has 3 aromatic rings. The number of hydrogen-bond donors (Lipinski definition) is 1. The average molecular weight is 407 g/mol. The Balaban J connectivity index is 2.20. The Kier molecular flexibility index (Phi) is 6.09. The summed E-state index contributed by atoms with van der Waals surface area (Å²) in [6.07, 6.45) is 1.02. The summed E-state index contributed by atoms with van der Waals surface area (Å²) in [5.74, 6) is 0.750. The number of benzene rings is 2. The van der Waals surface area contributed by atoms with Crippen LogP contribution in [0.4, 0.5) is 0 Å². The van der Waals surface area contributed by atoms with E-state index in [1.807, 2.05) is 43.4 Å². The molecule has 4 nitrogen and oxygen atoms in total. The molecule has 4 heteroatoms. The number of hydrogen-bond acceptors (Lipinski definition) is 3. The minimum atomic E-state index is -0.0639. The number of rotatable bonds is 6. The molecule has 0 aliphatic carbocycles. The maximum atomic E-state index is 13.2. The number of nitrogens with zero attached hydrogens (tertiary/aromatic N) is 1. The number of pyridine rings is 1. The molecule has 1 heterocycles. The smallest absolute Gasteiger partial charge is 0.258 e. The third-order valence-electron chi connectivity index (χ3n) is 5.49.